The van der Waals surface area contributed by atoms with Gasteiger partial charge in [-0.3, -0.25) is 0 Å². The largest absolute Gasteiger partial charge is 0.243 e. The third-order valence-electron chi connectivity index (χ3n) is 1.08. The third kappa shape index (κ3) is 2.38. The van der Waals surface area contributed by atoms with E-state index >= 15 is 0 Å². The van der Waals surface area contributed by atoms with Crippen molar-refractivity contribution in [1.29, 1.82) is 0 Å². The second kappa shape index (κ2) is 2.78. The fraction of sp³-hybridized carbons (Fsp3) is 0.667. The van der Waals surface area contributed by atoms with Crippen LogP contribution >= 0.6 is 0 Å². The van der Waals surface area contributed by atoms with E-state index in [0.29, 0.717) is 0 Å². The first kappa shape index (κ1) is 6.67. The van der Waals surface area contributed by atoms with Crippen molar-refractivity contribution >= 4 is 0 Å². The molecule has 42 valence electrons. The topological polar surface area (TPSA) is 0 Å². The first-order chi connectivity index (χ1) is 3.18. The number of allylic oxidation sites excluding steroid dienone is 2. The zero-order valence-corrected chi connectivity index (χ0v) is 5.03. The van der Waals surface area contributed by atoms with Crippen molar-refractivity contribution in [2.45, 2.75) is 26.9 Å². The van der Waals surface area contributed by atoms with Crippen LogP contribution in [0.15, 0.2) is 11.6 Å². The lowest BCUT2D eigenvalue weighted by Gasteiger charge is -1.96. The van der Waals surface area contributed by atoms with Crippen molar-refractivity contribution in [2.75, 3.05) is 0 Å². The molecule has 0 rings (SSSR count). The van der Waals surface area contributed by atoms with Gasteiger partial charge in [0.25, 0.3) is 0 Å². The zero-order valence-electron chi connectivity index (χ0n) is 5.03. The highest BCUT2D eigenvalue weighted by Gasteiger charge is 1.95. The molecule has 0 aliphatic carbocycles. The molecule has 0 aromatic heterocycles. The molecule has 1 heteroatoms. The summed E-state index contributed by atoms with van der Waals surface area (Å²) in [5, 5.41) is 0. The summed E-state index contributed by atoms with van der Waals surface area (Å²) in [5.74, 6) is 0. The predicted octanol–water partition coefficient (Wildman–Crippen LogP) is 2.31. The van der Waals surface area contributed by atoms with Crippen molar-refractivity contribution in [3.63, 3.8) is 0 Å². The number of halogens is 1. The van der Waals surface area contributed by atoms with Crippen LogP contribution in [0.5, 0.6) is 0 Å². The Morgan fingerprint density at radius 1 is 1.71 bits per heavy atom. The van der Waals surface area contributed by atoms with E-state index in [0.717, 1.165) is 5.57 Å². The Morgan fingerprint density at radius 2 is 2.14 bits per heavy atom. The Bertz CT molecular complexity index is 72.2. The monoisotopic (exact) mass is 102 g/mol. The molecule has 0 spiro atoms. The lowest BCUT2D eigenvalue weighted by molar-refractivity contribution is 0.411. The van der Waals surface area contributed by atoms with Crippen molar-refractivity contribution < 1.29 is 4.39 Å². The quantitative estimate of drug-likeness (QED) is 0.446. The van der Waals surface area contributed by atoms with Crippen LogP contribution in [0.1, 0.15) is 20.8 Å². The van der Waals surface area contributed by atoms with Crippen molar-refractivity contribution in [2.24, 2.45) is 0 Å². The van der Waals surface area contributed by atoms with Gasteiger partial charge in [-0.05, 0) is 26.3 Å². The van der Waals surface area contributed by atoms with E-state index in [-0.39, 0.29) is 0 Å². The Morgan fingerprint density at radius 3 is 2.14 bits per heavy atom. The minimum Gasteiger partial charge on any atom is -0.243 e. The van der Waals surface area contributed by atoms with Gasteiger partial charge in [-0.25, -0.2) is 4.39 Å². The molecule has 0 heterocycles. The van der Waals surface area contributed by atoms with Gasteiger partial charge in [-0.15, -0.1) is 0 Å². The maximum absolute atomic E-state index is 12.0. The molecule has 0 radical (unpaired) electrons. The summed E-state index contributed by atoms with van der Waals surface area (Å²) in [7, 11) is 0. The Balaban J connectivity index is 3.56. The standard InChI is InChI=1S/C6H11F/c1-4-5(2)6(3)7/h4,6H,1-3H3. The summed E-state index contributed by atoms with van der Waals surface area (Å²) in [5.41, 5.74) is 0.806. The number of rotatable bonds is 1. The molecule has 0 nitrogen and oxygen atoms in total. The molecule has 0 aliphatic heterocycles. The van der Waals surface area contributed by atoms with E-state index < -0.39 is 6.17 Å². The maximum atomic E-state index is 12.0. The van der Waals surface area contributed by atoms with Crippen LogP contribution in [0.25, 0.3) is 0 Å². The van der Waals surface area contributed by atoms with Crippen molar-refractivity contribution in [3.8, 4) is 0 Å². The second-order valence-corrected chi connectivity index (χ2v) is 1.65. The molecule has 1 atom stereocenters. The molecule has 1 unspecified atom stereocenters. The summed E-state index contributed by atoms with van der Waals surface area (Å²) >= 11 is 0. The number of hydrogen-bond donors (Lipinski definition) is 0. The Labute approximate surface area is 44.0 Å². The molecule has 0 amide bonds. The molecule has 0 saturated heterocycles. The van der Waals surface area contributed by atoms with E-state index in [4.69, 9.17) is 0 Å². The van der Waals surface area contributed by atoms with Gasteiger partial charge in [-0.1, -0.05) is 6.08 Å². The van der Waals surface area contributed by atoms with Crippen LogP contribution in [-0.4, -0.2) is 6.17 Å². The zero-order chi connectivity index (χ0) is 5.86. The summed E-state index contributed by atoms with van der Waals surface area (Å²) in [6, 6.07) is 0. The van der Waals surface area contributed by atoms with E-state index in [1.54, 1.807) is 13.0 Å². The third-order valence-corrected chi connectivity index (χ3v) is 1.08. The lowest BCUT2D eigenvalue weighted by Crippen LogP contribution is -1.91. The van der Waals surface area contributed by atoms with Crippen LogP contribution in [-0.2, 0) is 0 Å². The maximum Gasteiger partial charge on any atom is 0.118 e. The highest BCUT2D eigenvalue weighted by molar-refractivity contribution is 5.00. The fourth-order valence-corrected chi connectivity index (χ4v) is 0.230. The average Bonchev–Trinajstić information content (AvgIpc) is 1.65. The molecule has 0 bridgehead atoms. The van der Waals surface area contributed by atoms with Crippen LogP contribution < -0.4 is 0 Å². The molecule has 0 saturated carbocycles. The number of alkyl halides is 1. The molecule has 0 aromatic carbocycles. The molecule has 0 aliphatic rings. The van der Waals surface area contributed by atoms with Crippen LogP contribution in [0, 0.1) is 0 Å². The first-order valence-corrected chi connectivity index (χ1v) is 2.45. The molecular weight excluding hydrogens is 91.1 g/mol. The van der Waals surface area contributed by atoms with E-state index in [1.807, 2.05) is 6.92 Å². The van der Waals surface area contributed by atoms with Gasteiger partial charge in [0.15, 0.2) is 0 Å². The Kier molecular flexibility index (Phi) is 2.65. The van der Waals surface area contributed by atoms with E-state index in [9.17, 15) is 4.39 Å². The second-order valence-electron chi connectivity index (χ2n) is 1.65. The summed E-state index contributed by atoms with van der Waals surface area (Å²) in [6.45, 7) is 5.16. The predicted molar refractivity (Wildman–Crippen MR) is 30.0 cm³/mol. The van der Waals surface area contributed by atoms with Gasteiger partial charge in [-0.2, -0.15) is 0 Å². The van der Waals surface area contributed by atoms with Gasteiger partial charge in [0.05, 0.1) is 0 Å². The molecule has 0 aromatic rings. The van der Waals surface area contributed by atoms with Gasteiger partial charge in [0, 0.05) is 0 Å². The molecule has 0 fully saturated rings. The van der Waals surface area contributed by atoms with E-state index in [2.05, 4.69) is 0 Å². The average molecular weight is 102 g/mol. The summed E-state index contributed by atoms with van der Waals surface area (Å²) in [6.07, 6.45) is 1.01. The van der Waals surface area contributed by atoms with Crippen LogP contribution in [0.4, 0.5) is 4.39 Å². The minimum absolute atomic E-state index is 0.773. The van der Waals surface area contributed by atoms with Gasteiger partial charge in [0.1, 0.15) is 6.17 Å². The SMILES string of the molecule is CC=C(C)C(C)F. The van der Waals surface area contributed by atoms with Crippen LogP contribution in [0.2, 0.25) is 0 Å². The van der Waals surface area contributed by atoms with Crippen molar-refractivity contribution in [1.82, 2.24) is 0 Å². The van der Waals surface area contributed by atoms with Crippen molar-refractivity contribution in [3.05, 3.63) is 11.6 Å². The molecule has 0 N–H and O–H groups in total. The minimum atomic E-state index is -0.773. The summed E-state index contributed by atoms with van der Waals surface area (Å²) in [4.78, 5) is 0. The Hall–Kier alpha value is -0.330. The molecular formula is C6H11F. The highest BCUT2D eigenvalue weighted by Crippen LogP contribution is 2.02. The number of hydrogen-bond acceptors (Lipinski definition) is 0. The lowest BCUT2D eigenvalue weighted by atomic mass is 10.2. The van der Waals surface area contributed by atoms with E-state index in [1.165, 1.54) is 6.92 Å². The first-order valence-electron chi connectivity index (χ1n) is 2.45. The normalized spacial score (nSPS) is 16.9. The molecule has 7 heavy (non-hydrogen) atoms. The van der Waals surface area contributed by atoms with Gasteiger partial charge >= 0.3 is 0 Å². The fourth-order valence-electron chi connectivity index (χ4n) is 0.230. The smallest absolute Gasteiger partial charge is 0.118 e. The van der Waals surface area contributed by atoms with Gasteiger partial charge in [0.2, 0.25) is 0 Å². The summed E-state index contributed by atoms with van der Waals surface area (Å²) < 4.78 is 12.0. The van der Waals surface area contributed by atoms with Crippen LogP contribution in [0.3, 0.4) is 0 Å². The van der Waals surface area contributed by atoms with Gasteiger partial charge < -0.3 is 0 Å². The highest BCUT2D eigenvalue weighted by atomic mass is 19.1.